The monoisotopic (exact) mass is 215 g/mol. The van der Waals surface area contributed by atoms with E-state index in [2.05, 4.69) is 36.2 Å². The predicted molar refractivity (Wildman–Crippen MR) is 67.6 cm³/mol. The minimum atomic E-state index is 0.936. The molecule has 2 aliphatic rings. The van der Waals surface area contributed by atoms with Crippen molar-refractivity contribution in [3.8, 4) is 0 Å². The van der Waals surface area contributed by atoms with E-state index in [1.807, 2.05) is 0 Å². The summed E-state index contributed by atoms with van der Waals surface area (Å²) in [6.07, 6.45) is 5.50. The smallest absolute Gasteiger partial charge is 0.00190 e. The molecule has 3 rings (SSSR count). The van der Waals surface area contributed by atoms with Gasteiger partial charge in [0.1, 0.15) is 0 Å². The van der Waals surface area contributed by atoms with Gasteiger partial charge in [-0.05, 0) is 68.8 Å². The number of rotatable bonds is 1. The van der Waals surface area contributed by atoms with Crippen molar-refractivity contribution in [2.24, 2.45) is 11.8 Å². The predicted octanol–water partition coefficient (Wildman–Crippen LogP) is 2.74. The molecule has 0 N–H and O–H groups in total. The van der Waals surface area contributed by atoms with Crippen molar-refractivity contribution < 1.29 is 0 Å². The van der Waals surface area contributed by atoms with Gasteiger partial charge < -0.3 is 4.90 Å². The van der Waals surface area contributed by atoms with Crippen LogP contribution in [0.5, 0.6) is 0 Å². The van der Waals surface area contributed by atoms with E-state index in [-0.39, 0.29) is 0 Å². The lowest BCUT2D eigenvalue weighted by atomic mass is 9.82. The van der Waals surface area contributed by atoms with E-state index in [0.29, 0.717) is 0 Å². The minimum absolute atomic E-state index is 0.936. The Morgan fingerprint density at radius 3 is 2.06 bits per heavy atom. The third-order valence-corrected chi connectivity index (χ3v) is 4.51. The van der Waals surface area contributed by atoms with Crippen LogP contribution in [0.15, 0.2) is 24.3 Å². The summed E-state index contributed by atoms with van der Waals surface area (Å²) >= 11 is 0. The van der Waals surface area contributed by atoms with Crippen LogP contribution in [-0.2, 0) is 12.8 Å². The Labute approximate surface area is 98.5 Å². The molecule has 0 spiro atoms. The van der Waals surface area contributed by atoms with Gasteiger partial charge in [-0.2, -0.15) is 0 Å². The van der Waals surface area contributed by atoms with Crippen molar-refractivity contribution in [3.63, 3.8) is 0 Å². The molecule has 1 aliphatic carbocycles. The van der Waals surface area contributed by atoms with Crippen LogP contribution in [-0.4, -0.2) is 25.0 Å². The second-order valence-electron chi connectivity index (χ2n) is 5.58. The fourth-order valence-electron chi connectivity index (χ4n) is 3.43. The van der Waals surface area contributed by atoms with Crippen LogP contribution in [0.1, 0.15) is 24.0 Å². The lowest BCUT2D eigenvalue weighted by molar-refractivity contribution is 0.174. The van der Waals surface area contributed by atoms with Gasteiger partial charge in [0.15, 0.2) is 0 Å². The number of likely N-dealkylation sites (tertiary alicyclic amines) is 1. The molecule has 16 heavy (non-hydrogen) atoms. The zero-order chi connectivity index (χ0) is 11.0. The average Bonchev–Trinajstić information content (AvgIpc) is 2.73. The Bertz CT molecular complexity index is 338. The molecule has 1 saturated heterocycles. The molecule has 0 saturated carbocycles. The van der Waals surface area contributed by atoms with E-state index in [1.165, 1.54) is 38.8 Å². The van der Waals surface area contributed by atoms with Crippen molar-refractivity contribution in [3.05, 3.63) is 35.4 Å². The van der Waals surface area contributed by atoms with Gasteiger partial charge in [0.05, 0.1) is 0 Å². The molecule has 1 heteroatoms. The Morgan fingerprint density at radius 2 is 1.50 bits per heavy atom. The quantitative estimate of drug-likeness (QED) is 0.696. The van der Waals surface area contributed by atoms with Crippen molar-refractivity contribution in [2.45, 2.75) is 25.7 Å². The molecule has 1 aromatic rings. The molecule has 0 atom stereocenters. The summed E-state index contributed by atoms with van der Waals surface area (Å²) in [7, 11) is 2.25. The Morgan fingerprint density at radius 1 is 0.938 bits per heavy atom. The van der Waals surface area contributed by atoms with Crippen LogP contribution in [0, 0.1) is 11.8 Å². The maximum Gasteiger partial charge on any atom is -0.00190 e. The van der Waals surface area contributed by atoms with Gasteiger partial charge in [-0.3, -0.25) is 0 Å². The maximum absolute atomic E-state index is 2.47. The van der Waals surface area contributed by atoms with Crippen LogP contribution >= 0.6 is 0 Å². The van der Waals surface area contributed by atoms with Gasteiger partial charge >= 0.3 is 0 Å². The first-order valence-electron chi connectivity index (χ1n) is 6.58. The van der Waals surface area contributed by atoms with Crippen LogP contribution in [0.2, 0.25) is 0 Å². The second-order valence-corrected chi connectivity index (χ2v) is 5.58. The lowest BCUT2D eigenvalue weighted by Crippen LogP contribution is -2.33. The number of piperidine rings is 1. The van der Waals surface area contributed by atoms with E-state index in [9.17, 15) is 0 Å². The molecule has 0 bridgehead atoms. The van der Waals surface area contributed by atoms with Gasteiger partial charge in [0.25, 0.3) is 0 Å². The fourth-order valence-corrected chi connectivity index (χ4v) is 3.43. The summed E-state index contributed by atoms with van der Waals surface area (Å²) in [6.45, 7) is 2.61. The number of fused-ring (bicyclic) bond motifs is 1. The summed E-state index contributed by atoms with van der Waals surface area (Å²) in [4.78, 5) is 2.47. The first-order chi connectivity index (χ1) is 7.83. The fraction of sp³-hybridized carbons (Fsp3) is 0.600. The molecular formula is C15H21N. The third kappa shape index (κ3) is 1.89. The highest BCUT2D eigenvalue weighted by molar-refractivity contribution is 5.32. The molecule has 1 aliphatic heterocycles. The molecule has 1 fully saturated rings. The zero-order valence-electron chi connectivity index (χ0n) is 10.2. The molecule has 1 heterocycles. The van der Waals surface area contributed by atoms with Gasteiger partial charge in [-0.1, -0.05) is 24.3 Å². The van der Waals surface area contributed by atoms with Crippen LogP contribution in [0.3, 0.4) is 0 Å². The summed E-state index contributed by atoms with van der Waals surface area (Å²) in [6, 6.07) is 9.03. The highest BCUT2D eigenvalue weighted by atomic mass is 15.1. The number of hydrogen-bond donors (Lipinski definition) is 0. The van der Waals surface area contributed by atoms with Crippen molar-refractivity contribution in [1.29, 1.82) is 0 Å². The number of benzene rings is 1. The highest BCUT2D eigenvalue weighted by Gasteiger charge is 2.30. The van der Waals surface area contributed by atoms with E-state index in [0.717, 1.165) is 11.8 Å². The molecule has 86 valence electrons. The topological polar surface area (TPSA) is 3.24 Å². The van der Waals surface area contributed by atoms with E-state index in [1.54, 1.807) is 11.1 Å². The molecular weight excluding hydrogens is 194 g/mol. The Kier molecular flexibility index (Phi) is 2.72. The van der Waals surface area contributed by atoms with Gasteiger partial charge in [-0.15, -0.1) is 0 Å². The average molecular weight is 215 g/mol. The van der Waals surface area contributed by atoms with Gasteiger partial charge in [0, 0.05) is 0 Å². The lowest BCUT2D eigenvalue weighted by Gasteiger charge is -2.32. The highest BCUT2D eigenvalue weighted by Crippen LogP contribution is 2.35. The van der Waals surface area contributed by atoms with Gasteiger partial charge in [0.2, 0.25) is 0 Å². The van der Waals surface area contributed by atoms with Crippen LogP contribution in [0.4, 0.5) is 0 Å². The molecule has 1 nitrogen and oxygen atoms in total. The van der Waals surface area contributed by atoms with E-state index < -0.39 is 0 Å². The summed E-state index contributed by atoms with van der Waals surface area (Å²) in [5.41, 5.74) is 3.23. The minimum Gasteiger partial charge on any atom is -0.306 e. The second kappa shape index (κ2) is 4.21. The third-order valence-electron chi connectivity index (χ3n) is 4.51. The van der Waals surface area contributed by atoms with Crippen molar-refractivity contribution in [2.75, 3.05) is 20.1 Å². The first-order valence-corrected chi connectivity index (χ1v) is 6.58. The molecule has 0 aromatic heterocycles. The molecule has 0 radical (unpaired) electrons. The summed E-state index contributed by atoms with van der Waals surface area (Å²) in [5.74, 6) is 1.91. The maximum atomic E-state index is 2.47. The molecule has 1 aromatic carbocycles. The standard InChI is InChI=1S/C15H21N/c1-16-8-6-12(7-9-16)15-10-13-4-2-3-5-14(13)11-15/h2-5,12,15H,6-11H2,1H3. The Hall–Kier alpha value is -0.820. The summed E-state index contributed by atoms with van der Waals surface area (Å²) < 4.78 is 0. The molecule has 0 amide bonds. The SMILES string of the molecule is CN1CCC(C2Cc3ccccc3C2)CC1. The van der Waals surface area contributed by atoms with Crippen LogP contribution < -0.4 is 0 Å². The van der Waals surface area contributed by atoms with Crippen molar-refractivity contribution in [1.82, 2.24) is 4.90 Å². The zero-order valence-corrected chi connectivity index (χ0v) is 10.2. The van der Waals surface area contributed by atoms with E-state index >= 15 is 0 Å². The number of hydrogen-bond acceptors (Lipinski definition) is 1. The van der Waals surface area contributed by atoms with E-state index in [4.69, 9.17) is 0 Å². The van der Waals surface area contributed by atoms with Gasteiger partial charge in [-0.25, -0.2) is 0 Å². The number of nitrogens with zero attached hydrogens (tertiary/aromatic N) is 1. The normalized spacial score (nSPS) is 23.6. The first kappa shape index (κ1) is 10.3. The van der Waals surface area contributed by atoms with Crippen LogP contribution in [0.25, 0.3) is 0 Å². The Balaban J connectivity index is 1.67. The summed E-state index contributed by atoms with van der Waals surface area (Å²) in [5, 5.41) is 0. The van der Waals surface area contributed by atoms with Crippen molar-refractivity contribution >= 4 is 0 Å². The largest absolute Gasteiger partial charge is 0.306 e. The molecule has 0 unspecified atom stereocenters.